The third kappa shape index (κ3) is 2.85. The molecule has 2 aliphatic rings. The number of hydrogen-bond acceptors (Lipinski definition) is 5. The molecule has 2 aromatic rings. The highest BCUT2D eigenvalue weighted by Gasteiger charge is 2.29. The highest BCUT2D eigenvalue weighted by Crippen LogP contribution is 2.28. The van der Waals surface area contributed by atoms with Crippen LogP contribution in [-0.4, -0.2) is 33.1 Å². The van der Waals surface area contributed by atoms with Crippen LogP contribution in [0.3, 0.4) is 0 Å². The summed E-state index contributed by atoms with van der Waals surface area (Å²) in [6, 6.07) is 5.44. The standard InChI is InChI=1S/C17H21N5O/c1-12-4-5-15-14(7-12)8-16(20-19-15)21-9-13(10-21)11-22-17(23)3-2-6-18-22/h2-3,6,8,12-13H,4-5,7,9-11H2,1H3. The molecule has 6 heteroatoms. The first kappa shape index (κ1) is 14.4. The Bertz CT molecular complexity index is 766. The first-order valence-corrected chi connectivity index (χ1v) is 8.31. The number of rotatable bonds is 3. The quantitative estimate of drug-likeness (QED) is 0.855. The van der Waals surface area contributed by atoms with Crippen LogP contribution in [0.15, 0.2) is 29.2 Å². The summed E-state index contributed by atoms with van der Waals surface area (Å²) in [7, 11) is 0. The number of nitrogens with zero attached hydrogens (tertiary/aromatic N) is 5. The first-order valence-electron chi connectivity index (χ1n) is 8.31. The third-order valence-electron chi connectivity index (χ3n) is 4.89. The van der Waals surface area contributed by atoms with Gasteiger partial charge in [-0.2, -0.15) is 10.2 Å². The van der Waals surface area contributed by atoms with Crippen molar-refractivity contribution >= 4 is 5.82 Å². The van der Waals surface area contributed by atoms with Crippen molar-refractivity contribution in [2.45, 2.75) is 32.7 Å². The van der Waals surface area contributed by atoms with Gasteiger partial charge in [0.25, 0.3) is 5.56 Å². The Morgan fingerprint density at radius 1 is 1.30 bits per heavy atom. The van der Waals surface area contributed by atoms with E-state index in [9.17, 15) is 4.79 Å². The molecule has 2 aromatic heterocycles. The topological polar surface area (TPSA) is 63.9 Å². The molecule has 1 aliphatic heterocycles. The molecular weight excluding hydrogens is 290 g/mol. The number of aromatic nitrogens is 4. The van der Waals surface area contributed by atoms with Crippen LogP contribution in [0.2, 0.25) is 0 Å². The van der Waals surface area contributed by atoms with E-state index < -0.39 is 0 Å². The normalized spacial score (nSPS) is 20.9. The molecule has 0 saturated carbocycles. The predicted molar refractivity (Wildman–Crippen MR) is 87.4 cm³/mol. The van der Waals surface area contributed by atoms with Gasteiger partial charge in [-0.25, -0.2) is 4.68 Å². The molecule has 1 aliphatic carbocycles. The Labute approximate surface area is 135 Å². The predicted octanol–water partition coefficient (Wildman–Crippen LogP) is 1.29. The van der Waals surface area contributed by atoms with E-state index in [0.717, 1.165) is 37.7 Å². The van der Waals surface area contributed by atoms with Crippen LogP contribution in [0.5, 0.6) is 0 Å². The van der Waals surface area contributed by atoms with Crippen molar-refractivity contribution in [1.29, 1.82) is 0 Å². The van der Waals surface area contributed by atoms with Crippen molar-refractivity contribution in [3.63, 3.8) is 0 Å². The van der Waals surface area contributed by atoms with E-state index in [-0.39, 0.29) is 5.56 Å². The van der Waals surface area contributed by atoms with Gasteiger partial charge in [-0.3, -0.25) is 4.79 Å². The minimum atomic E-state index is -0.0338. The second-order valence-corrected chi connectivity index (χ2v) is 6.84. The monoisotopic (exact) mass is 311 g/mol. The molecule has 6 nitrogen and oxygen atoms in total. The lowest BCUT2D eigenvalue weighted by Crippen LogP contribution is -2.50. The Morgan fingerprint density at radius 3 is 3.00 bits per heavy atom. The molecule has 0 radical (unpaired) electrons. The number of fused-ring (bicyclic) bond motifs is 1. The lowest BCUT2D eigenvalue weighted by atomic mass is 9.88. The zero-order valence-electron chi connectivity index (χ0n) is 13.4. The van der Waals surface area contributed by atoms with Gasteiger partial charge in [0.15, 0.2) is 5.82 Å². The number of aryl methyl sites for hydroxylation is 1. The molecule has 0 N–H and O–H groups in total. The lowest BCUT2D eigenvalue weighted by molar-refractivity contribution is 0.332. The Balaban J connectivity index is 1.41. The molecule has 1 saturated heterocycles. The van der Waals surface area contributed by atoms with Crippen molar-refractivity contribution in [1.82, 2.24) is 20.0 Å². The summed E-state index contributed by atoms with van der Waals surface area (Å²) >= 11 is 0. The second kappa shape index (κ2) is 5.76. The Morgan fingerprint density at radius 2 is 2.17 bits per heavy atom. The summed E-state index contributed by atoms with van der Waals surface area (Å²) in [5, 5.41) is 12.9. The van der Waals surface area contributed by atoms with E-state index in [0.29, 0.717) is 12.5 Å². The van der Waals surface area contributed by atoms with Gasteiger partial charge < -0.3 is 4.90 Å². The molecule has 3 heterocycles. The fraction of sp³-hybridized carbons (Fsp3) is 0.529. The maximum absolute atomic E-state index is 11.7. The minimum Gasteiger partial charge on any atom is -0.354 e. The van der Waals surface area contributed by atoms with E-state index in [1.54, 1.807) is 23.0 Å². The maximum Gasteiger partial charge on any atom is 0.266 e. The van der Waals surface area contributed by atoms with Gasteiger partial charge in [0.05, 0.1) is 12.2 Å². The van der Waals surface area contributed by atoms with Crippen molar-refractivity contribution in [2.24, 2.45) is 11.8 Å². The van der Waals surface area contributed by atoms with Gasteiger partial charge in [0, 0.05) is 31.3 Å². The number of hydrogen-bond donors (Lipinski definition) is 0. The van der Waals surface area contributed by atoms with Gasteiger partial charge in [0.2, 0.25) is 0 Å². The number of anilines is 1. The molecule has 1 atom stereocenters. The van der Waals surface area contributed by atoms with Gasteiger partial charge in [0.1, 0.15) is 0 Å². The zero-order valence-corrected chi connectivity index (χ0v) is 13.4. The third-order valence-corrected chi connectivity index (χ3v) is 4.89. The van der Waals surface area contributed by atoms with Crippen molar-refractivity contribution in [3.8, 4) is 0 Å². The Hall–Kier alpha value is -2.24. The fourth-order valence-electron chi connectivity index (χ4n) is 3.49. The largest absolute Gasteiger partial charge is 0.354 e. The zero-order chi connectivity index (χ0) is 15.8. The summed E-state index contributed by atoms with van der Waals surface area (Å²) in [6.45, 7) is 4.79. The lowest BCUT2D eigenvalue weighted by Gasteiger charge is -2.40. The molecule has 0 spiro atoms. The highest BCUT2D eigenvalue weighted by molar-refractivity contribution is 5.44. The van der Waals surface area contributed by atoms with Crippen molar-refractivity contribution in [2.75, 3.05) is 18.0 Å². The average Bonchev–Trinajstić information content (AvgIpc) is 2.51. The first-order chi connectivity index (χ1) is 11.2. The average molecular weight is 311 g/mol. The molecule has 120 valence electrons. The molecule has 23 heavy (non-hydrogen) atoms. The summed E-state index contributed by atoms with van der Waals surface area (Å²) in [5.41, 5.74) is 2.50. The molecule has 0 aromatic carbocycles. The van der Waals surface area contributed by atoms with Crippen LogP contribution in [-0.2, 0) is 19.4 Å². The van der Waals surface area contributed by atoms with Crippen LogP contribution in [0.1, 0.15) is 24.6 Å². The van der Waals surface area contributed by atoms with Crippen LogP contribution in [0.4, 0.5) is 5.82 Å². The Kier molecular flexibility index (Phi) is 3.59. The van der Waals surface area contributed by atoms with Gasteiger partial charge >= 0.3 is 0 Å². The smallest absolute Gasteiger partial charge is 0.266 e. The molecule has 0 bridgehead atoms. The van der Waals surface area contributed by atoms with Crippen LogP contribution >= 0.6 is 0 Å². The molecule has 1 unspecified atom stereocenters. The summed E-state index contributed by atoms with van der Waals surface area (Å²) in [4.78, 5) is 13.9. The molecule has 4 rings (SSSR count). The maximum atomic E-state index is 11.7. The van der Waals surface area contributed by atoms with Gasteiger partial charge in [-0.1, -0.05) is 6.92 Å². The van der Waals surface area contributed by atoms with E-state index in [1.165, 1.54) is 17.7 Å². The van der Waals surface area contributed by atoms with Gasteiger partial charge in [-0.05, 0) is 42.9 Å². The summed E-state index contributed by atoms with van der Waals surface area (Å²) in [5.74, 6) is 2.15. The van der Waals surface area contributed by atoms with E-state index in [2.05, 4.69) is 33.2 Å². The summed E-state index contributed by atoms with van der Waals surface area (Å²) in [6.07, 6.45) is 5.03. The van der Waals surface area contributed by atoms with Crippen LogP contribution in [0, 0.1) is 11.8 Å². The fourth-order valence-corrected chi connectivity index (χ4v) is 3.49. The minimum absolute atomic E-state index is 0.0338. The van der Waals surface area contributed by atoms with E-state index in [1.807, 2.05) is 0 Å². The highest BCUT2D eigenvalue weighted by atomic mass is 16.1. The second-order valence-electron chi connectivity index (χ2n) is 6.84. The van der Waals surface area contributed by atoms with Crippen LogP contribution < -0.4 is 10.5 Å². The molecular formula is C17H21N5O. The molecule has 0 amide bonds. The summed E-state index contributed by atoms with van der Waals surface area (Å²) < 4.78 is 1.54. The van der Waals surface area contributed by atoms with Crippen LogP contribution in [0.25, 0.3) is 0 Å². The van der Waals surface area contributed by atoms with E-state index in [4.69, 9.17) is 0 Å². The van der Waals surface area contributed by atoms with Crippen molar-refractivity contribution in [3.05, 3.63) is 46.0 Å². The van der Waals surface area contributed by atoms with Gasteiger partial charge in [-0.15, -0.1) is 5.10 Å². The van der Waals surface area contributed by atoms with Crippen molar-refractivity contribution < 1.29 is 0 Å². The van der Waals surface area contributed by atoms with E-state index >= 15 is 0 Å². The molecule has 1 fully saturated rings. The SMILES string of the molecule is CC1CCc2nnc(N3CC(Cn4ncccc4=O)C3)cc2C1.